The summed E-state index contributed by atoms with van der Waals surface area (Å²) in [5, 5.41) is 17.5. The van der Waals surface area contributed by atoms with Gasteiger partial charge in [-0.25, -0.2) is 0 Å². The molecule has 96 valence electrons. The molecule has 1 heterocycles. The van der Waals surface area contributed by atoms with Crippen LogP contribution in [0, 0.1) is 12.3 Å². The highest BCUT2D eigenvalue weighted by molar-refractivity contribution is 5.74. The molecule has 0 aliphatic carbocycles. The third-order valence-electron chi connectivity index (χ3n) is 3.63. The Balaban J connectivity index is 3.05. The zero-order valence-electron chi connectivity index (χ0n) is 11.0. The Kier molecular flexibility index (Phi) is 4.26. The fourth-order valence-corrected chi connectivity index (χ4v) is 2.15. The Labute approximate surface area is 102 Å². The third-order valence-corrected chi connectivity index (χ3v) is 3.63. The SMILES string of the molecule is CCn1c(C)nnc1CC(CC)(CC)C(=O)O. The summed E-state index contributed by atoms with van der Waals surface area (Å²) in [5.74, 6) is 0.871. The van der Waals surface area contributed by atoms with Gasteiger partial charge in [-0.05, 0) is 26.7 Å². The van der Waals surface area contributed by atoms with Crippen molar-refractivity contribution in [2.45, 2.75) is 53.5 Å². The Morgan fingerprint density at radius 2 is 1.88 bits per heavy atom. The Morgan fingerprint density at radius 3 is 2.29 bits per heavy atom. The second-order valence-corrected chi connectivity index (χ2v) is 4.38. The maximum absolute atomic E-state index is 11.4. The molecule has 0 bridgehead atoms. The van der Waals surface area contributed by atoms with Gasteiger partial charge >= 0.3 is 5.97 Å². The van der Waals surface area contributed by atoms with Crippen LogP contribution in [-0.2, 0) is 17.8 Å². The van der Waals surface area contributed by atoms with Gasteiger partial charge in [0.1, 0.15) is 11.6 Å². The first-order valence-electron chi connectivity index (χ1n) is 6.12. The van der Waals surface area contributed by atoms with Crippen molar-refractivity contribution < 1.29 is 9.90 Å². The molecule has 5 nitrogen and oxygen atoms in total. The van der Waals surface area contributed by atoms with Gasteiger partial charge in [-0.3, -0.25) is 4.79 Å². The first kappa shape index (κ1) is 13.7. The Bertz CT molecular complexity index is 394. The summed E-state index contributed by atoms with van der Waals surface area (Å²) < 4.78 is 1.98. The van der Waals surface area contributed by atoms with Crippen molar-refractivity contribution in [3.05, 3.63) is 11.6 Å². The summed E-state index contributed by atoms with van der Waals surface area (Å²) in [6.45, 7) is 8.51. The number of rotatable bonds is 6. The van der Waals surface area contributed by atoms with Gasteiger partial charge in [0, 0.05) is 13.0 Å². The highest BCUT2D eigenvalue weighted by Gasteiger charge is 2.36. The van der Waals surface area contributed by atoms with E-state index in [1.807, 2.05) is 32.3 Å². The lowest BCUT2D eigenvalue weighted by molar-refractivity contribution is -0.149. The second kappa shape index (κ2) is 5.29. The second-order valence-electron chi connectivity index (χ2n) is 4.38. The van der Waals surface area contributed by atoms with Crippen molar-refractivity contribution in [1.29, 1.82) is 0 Å². The average molecular weight is 239 g/mol. The number of hydrogen-bond acceptors (Lipinski definition) is 3. The van der Waals surface area contributed by atoms with E-state index in [9.17, 15) is 9.90 Å². The van der Waals surface area contributed by atoms with Crippen LogP contribution in [0.3, 0.4) is 0 Å². The molecule has 0 aliphatic heterocycles. The van der Waals surface area contributed by atoms with E-state index in [0.717, 1.165) is 18.2 Å². The molecule has 0 aromatic carbocycles. The number of aromatic nitrogens is 3. The van der Waals surface area contributed by atoms with E-state index in [2.05, 4.69) is 10.2 Å². The minimum absolute atomic E-state index is 0.448. The molecule has 0 saturated carbocycles. The summed E-state index contributed by atoms with van der Waals surface area (Å²) in [4.78, 5) is 11.4. The predicted molar refractivity (Wildman–Crippen MR) is 64.8 cm³/mol. The number of nitrogens with zero attached hydrogens (tertiary/aromatic N) is 3. The molecule has 0 spiro atoms. The van der Waals surface area contributed by atoms with Crippen LogP contribution in [0.4, 0.5) is 0 Å². The van der Waals surface area contributed by atoms with Crippen LogP contribution in [0.25, 0.3) is 0 Å². The normalized spacial score (nSPS) is 11.8. The van der Waals surface area contributed by atoms with E-state index < -0.39 is 11.4 Å². The highest BCUT2D eigenvalue weighted by atomic mass is 16.4. The number of aryl methyl sites for hydroxylation is 1. The molecule has 0 saturated heterocycles. The molecule has 1 aromatic heterocycles. The summed E-state index contributed by atoms with van der Waals surface area (Å²) in [6.07, 6.45) is 1.66. The molecule has 0 fully saturated rings. The van der Waals surface area contributed by atoms with Crippen LogP contribution in [-0.4, -0.2) is 25.8 Å². The number of carboxylic acid groups (broad SMARTS) is 1. The van der Waals surface area contributed by atoms with Gasteiger partial charge in [-0.1, -0.05) is 13.8 Å². The molecule has 5 heteroatoms. The summed E-state index contributed by atoms with van der Waals surface area (Å²) in [6, 6.07) is 0. The first-order chi connectivity index (χ1) is 8.00. The molecule has 0 aliphatic rings. The van der Waals surface area contributed by atoms with Gasteiger partial charge in [0.25, 0.3) is 0 Å². The lowest BCUT2D eigenvalue weighted by atomic mass is 9.79. The molecule has 0 amide bonds. The van der Waals surface area contributed by atoms with Gasteiger partial charge in [-0.15, -0.1) is 10.2 Å². The van der Waals surface area contributed by atoms with Gasteiger partial charge in [0.05, 0.1) is 5.41 Å². The van der Waals surface area contributed by atoms with E-state index in [-0.39, 0.29) is 0 Å². The van der Waals surface area contributed by atoms with E-state index in [1.54, 1.807) is 0 Å². The fourth-order valence-electron chi connectivity index (χ4n) is 2.15. The monoisotopic (exact) mass is 239 g/mol. The van der Waals surface area contributed by atoms with E-state index in [1.165, 1.54) is 0 Å². The summed E-state index contributed by atoms with van der Waals surface area (Å²) >= 11 is 0. The maximum atomic E-state index is 11.4. The van der Waals surface area contributed by atoms with E-state index in [4.69, 9.17) is 0 Å². The Hall–Kier alpha value is -1.39. The minimum atomic E-state index is -0.745. The predicted octanol–water partition coefficient (Wildman–Crippen LogP) is 2.04. The minimum Gasteiger partial charge on any atom is -0.481 e. The smallest absolute Gasteiger partial charge is 0.310 e. The first-order valence-corrected chi connectivity index (χ1v) is 6.12. The molecule has 0 unspecified atom stereocenters. The molecule has 0 atom stereocenters. The van der Waals surface area contributed by atoms with E-state index >= 15 is 0 Å². The number of carbonyl (C=O) groups is 1. The standard InChI is InChI=1S/C12H21N3O2/c1-5-12(6-2,11(16)17)8-10-14-13-9(4)15(10)7-3/h5-8H2,1-4H3,(H,16,17). The molecule has 1 N–H and O–H groups in total. The van der Waals surface area contributed by atoms with Crippen molar-refractivity contribution >= 4 is 5.97 Å². The quantitative estimate of drug-likeness (QED) is 0.824. The van der Waals surface area contributed by atoms with Crippen LogP contribution >= 0.6 is 0 Å². The molecule has 17 heavy (non-hydrogen) atoms. The van der Waals surface area contributed by atoms with Gasteiger partial charge in [0.2, 0.25) is 0 Å². The summed E-state index contributed by atoms with van der Waals surface area (Å²) in [5.41, 5.74) is -0.716. The van der Waals surface area contributed by atoms with Gasteiger partial charge in [0.15, 0.2) is 0 Å². The van der Waals surface area contributed by atoms with Crippen LogP contribution in [0.1, 0.15) is 45.3 Å². The van der Waals surface area contributed by atoms with Gasteiger partial charge in [-0.2, -0.15) is 0 Å². The molecule has 1 aromatic rings. The molecular weight excluding hydrogens is 218 g/mol. The van der Waals surface area contributed by atoms with Crippen LogP contribution < -0.4 is 0 Å². The number of carboxylic acids is 1. The van der Waals surface area contributed by atoms with E-state index in [0.29, 0.717) is 19.3 Å². The lowest BCUT2D eigenvalue weighted by Gasteiger charge is -2.26. The zero-order valence-corrected chi connectivity index (χ0v) is 11.0. The number of aliphatic carboxylic acids is 1. The largest absolute Gasteiger partial charge is 0.481 e. The topological polar surface area (TPSA) is 68.0 Å². The zero-order chi connectivity index (χ0) is 13.1. The van der Waals surface area contributed by atoms with Crippen LogP contribution in [0.2, 0.25) is 0 Å². The number of hydrogen-bond donors (Lipinski definition) is 1. The van der Waals surface area contributed by atoms with Crippen molar-refractivity contribution in [2.24, 2.45) is 5.41 Å². The fraction of sp³-hybridized carbons (Fsp3) is 0.750. The third kappa shape index (κ3) is 2.48. The van der Waals surface area contributed by atoms with Crippen LogP contribution in [0.15, 0.2) is 0 Å². The van der Waals surface area contributed by atoms with Crippen molar-refractivity contribution in [3.8, 4) is 0 Å². The molecule has 1 rings (SSSR count). The van der Waals surface area contributed by atoms with Crippen molar-refractivity contribution in [3.63, 3.8) is 0 Å². The molecular formula is C12H21N3O2. The highest BCUT2D eigenvalue weighted by Crippen LogP contribution is 2.30. The Morgan fingerprint density at radius 1 is 1.29 bits per heavy atom. The summed E-state index contributed by atoms with van der Waals surface area (Å²) in [7, 11) is 0. The van der Waals surface area contributed by atoms with Crippen molar-refractivity contribution in [2.75, 3.05) is 0 Å². The van der Waals surface area contributed by atoms with Gasteiger partial charge < -0.3 is 9.67 Å². The maximum Gasteiger partial charge on any atom is 0.310 e. The van der Waals surface area contributed by atoms with Crippen LogP contribution in [0.5, 0.6) is 0 Å². The molecule has 0 radical (unpaired) electrons. The van der Waals surface area contributed by atoms with Crippen molar-refractivity contribution in [1.82, 2.24) is 14.8 Å². The average Bonchev–Trinajstić information content (AvgIpc) is 2.66. The lowest BCUT2D eigenvalue weighted by Crippen LogP contribution is -2.33.